The van der Waals surface area contributed by atoms with Gasteiger partial charge in [0.05, 0.1) is 10.6 Å². The first-order chi connectivity index (χ1) is 12.0. The van der Waals surface area contributed by atoms with Crippen molar-refractivity contribution in [3.8, 4) is 11.1 Å². The van der Waals surface area contributed by atoms with E-state index in [1.165, 1.54) is 5.56 Å². The molecule has 0 spiro atoms. The van der Waals surface area contributed by atoms with E-state index in [4.69, 9.17) is 0 Å². The van der Waals surface area contributed by atoms with Crippen LogP contribution in [0.4, 0.5) is 5.69 Å². The lowest BCUT2D eigenvalue weighted by Crippen LogP contribution is -2.13. The molecule has 0 aliphatic rings. The van der Waals surface area contributed by atoms with Gasteiger partial charge in [-0.1, -0.05) is 68.4 Å². The lowest BCUT2D eigenvalue weighted by atomic mass is 9.96. The van der Waals surface area contributed by atoms with Gasteiger partial charge in [-0.15, -0.1) is 0 Å². The maximum Gasteiger partial charge on any atom is 0.261 e. The smallest absolute Gasteiger partial charge is 0.261 e. The van der Waals surface area contributed by atoms with Crippen LogP contribution in [-0.4, -0.2) is 8.42 Å². The molecule has 3 nitrogen and oxygen atoms in total. The van der Waals surface area contributed by atoms with E-state index >= 15 is 0 Å². The van der Waals surface area contributed by atoms with Gasteiger partial charge in [0.1, 0.15) is 0 Å². The van der Waals surface area contributed by atoms with Crippen LogP contribution in [0, 0.1) is 0 Å². The van der Waals surface area contributed by atoms with Gasteiger partial charge in [-0.05, 0) is 41.3 Å². The Bertz CT molecular complexity index is 950. The summed E-state index contributed by atoms with van der Waals surface area (Å²) in [6.45, 7) is 4.25. The van der Waals surface area contributed by atoms with E-state index in [9.17, 15) is 8.42 Å². The van der Waals surface area contributed by atoms with Crippen LogP contribution in [0.3, 0.4) is 0 Å². The van der Waals surface area contributed by atoms with Gasteiger partial charge in [0.2, 0.25) is 0 Å². The third-order valence-electron chi connectivity index (χ3n) is 4.09. The Hall–Kier alpha value is -2.59. The summed E-state index contributed by atoms with van der Waals surface area (Å²) in [5.74, 6) is 0.363. The summed E-state index contributed by atoms with van der Waals surface area (Å²) in [5.41, 5.74) is 3.61. The molecule has 3 aromatic carbocycles. The Labute approximate surface area is 149 Å². The van der Waals surface area contributed by atoms with Gasteiger partial charge < -0.3 is 0 Å². The fourth-order valence-corrected chi connectivity index (χ4v) is 3.77. The third kappa shape index (κ3) is 3.91. The first kappa shape index (κ1) is 17.2. The van der Waals surface area contributed by atoms with Crippen molar-refractivity contribution in [1.29, 1.82) is 0 Å². The zero-order valence-corrected chi connectivity index (χ0v) is 15.1. The number of benzene rings is 3. The van der Waals surface area contributed by atoms with Gasteiger partial charge in [-0.2, -0.15) is 0 Å². The molecule has 3 rings (SSSR count). The van der Waals surface area contributed by atoms with E-state index in [1.807, 2.05) is 42.5 Å². The van der Waals surface area contributed by atoms with Crippen molar-refractivity contribution in [1.82, 2.24) is 0 Å². The minimum atomic E-state index is -3.63. The van der Waals surface area contributed by atoms with E-state index in [0.717, 1.165) is 11.1 Å². The van der Waals surface area contributed by atoms with Gasteiger partial charge in [-0.25, -0.2) is 8.42 Å². The van der Waals surface area contributed by atoms with Crippen molar-refractivity contribution in [2.24, 2.45) is 0 Å². The number of anilines is 1. The van der Waals surface area contributed by atoms with Gasteiger partial charge in [0, 0.05) is 5.56 Å². The second-order valence-electron chi connectivity index (χ2n) is 6.24. The Balaban J connectivity index is 2.07. The summed E-state index contributed by atoms with van der Waals surface area (Å²) in [6.07, 6.45) is 0. The average Bonchev–Trinajstić information content (AvgIpc) is 2.63. The van der Waals surface area contributed by atoms with Crippen molar-refractivity contribution in [2.75, 3.05) is 4.72 Å². The number of hydrogen-bond donors (Lipinski definition) is 1. The predicted octanol–water partition coefficient (Wildman–Crippen LogP) is 5.28. The monoisotopic (exact) mass is 351 g/mol. The molecule has 25 heavy (non-hydrogen) atoms. The van der Waals surface area contributed by atoms with Crippen LogP contribution in [0.5, 0.6) is 0 Å². The molecule has 0 saturated carbocycles. The molecule has 0 aliphatic heterocycles. The Kier molecular flexibility index (Phi) is 4.91. The van der Waals surface area contributed by atoms with Crippen molar-refractivity contribution in [2.45, 2.75) is 24.7 Å². The predicted molar refractivity (Wildman–Crippen MR) is 103 cm³/mol. The van der Waals surface area contributed by atoms with Gasteiger partial charge in [-0.3, -0.25) is 4.72 Å². The molecule has 1 N–H and O–H groups in total. The lowest BCUT2D eigenvalue weighted by molar-refractivity contribution is 0.601. The topological polar surface area (TPSA) is 46.2 Å². The fraction of sp³-hybridized carbons (Fsp3) is 0.143. The molecule has 4 heteroatoms. The van der Waals surface area contributed by atoms with E-state index in [0.29, 0.717) is 11.6 Å². The minimum Gasteiger partial charge on any atom is -0.279 e. The zero-order valence-electron chi connectivity index (χ0n) is 14.3. The van der Waals surface area contributed by atoms with Crippen molar-refractivity contribution < 1.29 is 8.42 Å². The first-order valence-corrected chi connectivity index (χ1v) is 9.73. The van der Waals surface area contributed by atoms with E-state index in [1.54, 1.807) is 30.3 Å². The molecular formula is C21H21NO2S. The van der Waals surface area contributed by atoms with Crippen LogP contribution in [0.1, 0.15) is 25.3 Å². The third-order valence-corrected chi connectivity index (χ3v) is 5.47. The molecule has 0 aromatic heterocycles. The van der Waals surface area contributed by atoms with E-state index in [-0.39, 0.29) is 4.90 Å². The number of nitrogens with one attached hydrogen (secondary N) is 1. The summed E-state index contributed by atoms with van der Waals surface area (Å²) < 4.78 is 28.1. The maximum atomic E-state index is 12.7. The summed E-state index contributed by atoms with van der Waals surface area (Å²) in [4.78, 5) is 0.252. The highest BCUT2D eigenvalue weighted by Crippen LogP contribution is 2.32. The largest absolute Gasteiger partial charge is 0.279 e. The molecule has 0 heterocycles. The molecule has 0 radical (unpaired) electrons. The van der Waals surface area contributed by atoms with Gasteiger partial charge in [0.15, 0.2) is 0 Å². The Morgan fingerprint density at radius 2 is 1.40 bits per heavy atom. The second-order valence-corrected chi connectivity index (χ2v) is 7.93. The van der Waals surface area contributed by atoms with Crippen LogP contribution < -0.4 is 4.72 Å². The molecule has 128 valence electrons. The summed E-state index contributed by atoms with van der Waals surface area (Å²) in [6, 6.07) is 24.1. The average molecular weight is 351 g/mol. The van der Waals surface area contributed by atoms with E-state index < -0.39 is 10.0 Å². The SMILES string of the molecule is CC(C)c1ccc(NS(=O)(=O)c2ccccc2)c(-c2ccccc2)c1. The fourth-order valence-electron chi connectivity index (χ4n) is 2.67. The lowest BCUT2D eigenvalue weighted by Gasteiger charge is -2.16. The molecule has 0 unspecified atom stereocenters. The minimum absolute atomic E-state index is 0.252. The normalized spacial score (nSPS) is 11.5. The summed E-state index contributed by atoms with van der Waals surface area (Å²) >= 11 is 0. The van der Waals surface area contributed by atoms with Gasteiger partial charge >= 0.3 is 0 Å². The quantitative estimate of drug-likeness (QED) is 0.680. The highest BCUT2D eigenvalue weighted by Gasteiger charge is 2.17. The highest BCUT2D eigenvalue weighted by molar-refractivity contribution is 7.92. The maximum absolute atomic E-state index is 12.7. The Morgan fingerprint density at radius 1 is 0.800 bits per heavy atom. The van der Waals surface area contributed by atoms with Crippen molar-refractivity contribution in [3.63, 3.8) is 0 Å². The molecule has 3 aromatic rings. The molecule has 0 fully saturated rings. The van der Waals surface area contributed by atoms with Crippen LogP contribution in [0.2, 0.25) is 0 Å². The first-order valence-electron chi connectivity index (χ1n) is 8.24. The highest BCUT2D eigenvalue weighted by atomic mass is 32.2. The molecule has 0 atom stereocenters. The van der Waals surface area contributed by atoms with E-state index in [2.05, 4.69) is 24.6 Å². The molecule has 0 saturated heterocycles. The van der Waals surface area contributed by atoms with Crippen LogP contribution in [0.25, 0.3) is 11.1 Å². The molecular weight excluding hydrogens is 330 g/mol. The van der Waals surface area contributed by atoms with Crippen LogP contribution >= 0.6 is 0 Å². The van der Waals surface area contributed by atoms with Crippen molar-refractivity contribution >= 4 is 15.7 Å². The molecule has 0 bridgehead atoms. The van der Waals surface area contributed by atoms with Crippen LogP contribution in [0.15, 0.2) is 83.8 Å². The zero-order chi connectivity index (χ0) is 17.9. The van der Waals surface area contributed by atoms with Crippen molar-refractivity contribution in [3.05, 3.63) is 84.4 Å². The molecule has 0 aliphatic carbocycles. The standard InChI is InChI=1S/C21H21NO2S/c1-16(2)18-13-14-21(20(15-18)17-9-5-3-6-10-17)22-25(23,24)19-11-7-4-8-12-19/h3-16,22H,1-2H3. The van der Waals surface area contributed by atoms with Crippen LogP contribution in [-0.2, 0) is 10.0 Å². The summed E-state index contributed by atoms with van der Waals surface area (Å²) in [5, 5.41) is 0. The number of sulfonamides is 1. The number of hydrogen-bond acceptors (Lipinski definition) is 2. The molecule has 0 amide bonds. The second kappa shape index (κ2) is 7.11. The van der Waals surface area contributed by atoms with Gasteiger partial charge in [0.25, 0.3) is 10.0 Å². The summed E-state index contributed by atoms with van der Waals surface area (Å²) in [7, 11) is -3.63. The Morgan fingerprint density at radius 3 is 2.00 bits per heavy atom. The number of rotatable bonds is 5.